The molecule has 0 radical (unpaired) electrons. The molecule has 122 valence electrons. The molecule has 0 aliphatic carbocycles. The fraction of sp³-hybridized carbons (Fsp3) is 0.833. The van der Waals surface area contributed by atoms with Crippen LogP contribution in [-0.4, -0.2) is 49.4 Å². The SMILES string of the molecule is C[Si](C)(C)CCOC(=O)N[C@@H](CCCC[N+](=O)[O-])C(=O)O. The Morgan fingerprint density at radius 3 is 2.43 bits per heavy atom. The van der Waals surface area contributed by atoms with Crippen LogP contribution < -0.4 is 5.32 Å². The lowest BCUT2D eigenvalue weighted by Crippen LogP contribution is -2.41. The molecule has 0 aromatic rings. The third kappa shape index (κ3) is 11.9. The molecule has 2 N–H and O–H groups in total. The van der Waals surface area contributed by atoms with E-state index in [1.54, 1.807) is 0 Å². The molecule has 0 unspecified atom stereocenters. The van der Waals surface area contributed by atoms with Crippen LogP contribution in [0.25, 0.3) is 0 Å². The average Bonchev–Trinajstić information content (AvgIpc) is 2.30. The number of alkyl carbamates (subject to hydrolysis) is 1. The number of carboxylic acids is 1. The summed E-state index contributed by atoms with van der Waals surface area (Å²) >= 11 is 0. The van der Waals surface area contributed by atoms with E-state index >= 15 is 0 Å². The Morgan fingerprint density at radius 1 is 1.33 bits per heavy atom. The van der Waals surface area contributed by atoms with Crippen molar-refractivity contribution < 1.29 is 24.4 Å². The van der Waals surface area contributed by atoms with Crippen molar-refractivity contribution in [2.75, 3.05) is 13.2 Å². The molecule has 0 aliphatic heterocycles. The van der Waals surface area contributed by atoms with Crippen molar-refractivity contribution in [3.8, 4) is 0 Å². The van der Waals surface area contributed by atoms with E-state index in [4.69, 9.17) is 9.84 Å². The number of carbonyl (C=O) groups excluding carboxylic acids is 1. The van der Waals surface area contributed by atoms with Gasteiger partial charge in [-0.15, -0.1) is 0 Å². The lowest BCUT2D eigenvalue weighted by molar-refractivity contribution is -0.480. The second-order valence-electron chi connectivity index (χ2n) is 6.03. The maximum atomic E-state index is 11.5. The molecular weight excluding hydrogens is 296 g/mol. The monoisotopic (exact) mass is 320 g/mol. The summed E-state index contributed by atoms with van der Waals surface area (Å²) in [5.74, 6) is -1.17. The number of nitrogens with one attached hydrogen (secondary N) is 1. The highest BCUT2D eigenvalue weighted by Crippen LogP contribution is 2.08. The Balaban J connectivity index is 4.04. The van der Waals surface area contributed by atoms with E-state index < -0.39 is 31.1 Å². The van der Waals surface area contributed by atoms with Crippen LogP contribution in [0.1, 0.15) is 19.3 Å². The van der Waals surface area contributed by atoms with E-state index in [-0.39, 0.29) is 26.0 Å². The Morgan fingerprint density at radius 2 is 1.95 bits per heavy atom. The van der Waals surface area contributed by atoms with Gasteiger partial charge < -0.3 is 15.2 Å². The molecule has 0 fully saturated rings. The van der Waals surface area contributed by atoms with Gasteiger partial charge in [0.1, 0.15) is 6.04 Å². The van der Waals surface area contributed by atoms with Gasteiger partial charge in [0.25, 0.3) is 0 Å². The van der Waals surface area contributed by atoms with Crippen molar-refractivity contribution in [2.24, 2.45) is 0 Å². The minimum absolute atomic E-state index is 0.145. The van der Waals surface area contributed by atoms with Crippen molar-refractivity contribution >= 4 is 20.1 Å². The number of unbranched alkanes of at least 4 members (excludes halogenated alkanes) is 1. The summed E-state index contributed by atoms with van der Waals surface area (Å²) in [6.45, 7) is 6.50. The van der Waals surface area contributed by atoms with E-state index in [1.165, 1.54) is 0 Å². The van der Waals surface area contributed by atoms with Crippen molar-refractivity contribution in [1.29, 1.82) is 0 Å². The number of hydrogen-bond donors (Lipinski definition) is 2. The quantitative estimate of drug-likeness (QED) is 0.275. The van der Waals surface area contributed by atoms with E-state index in [2.05, 4.69) is 25.0 Å². The zero-order chi connectivity index (χ0) is 16.5. The van der Waals surface area contributed by atoms with Gasteiger partial charge in [-0.05, 0) is 18.9 Å². The third-order valence-corrected chi connectivity index (χ3v) is 4.46. The van der Waals surface area contributed by atoms with Crippen LogP contribution in [-0.2, 0) is 9.53 Å². The Hall–Kier alpha value is -1.64. The predicted molar refractivity (Wildman–Crippen MR) is 79.8 cm³/mol. The van der Waals surface area contributed by atoms with Crippen LogP contribution >= 0.6 is 0 Å². The minimum atomic E-state index is -1.31. The molecule has 21 heavy (non-hydrogen) atoms. The molecular formula is C12H24N2O6Si. The second kappa shape index (κ2) is 9.32. The van der Waals surface area contributed by atoms with Crippen LogP contribution in [0.15, 0.2) is 0 Å². The third-order valence-electron chi connectivity index (χ3n) is 2.76. The largest absolute Gasteiger partial charge is 0.480 e. The topological polar surface area (TPSA) is 119 Å². The molecule has 0 heterocycles. The summed E-state index contributed by atoms with van der Waals surface area (Å²) in [5, 5.41) is 21.4. The minimum Gasteiger partial charge on any atom is -0.480 e. The Labute approximate surface area is 125 Å². The predicted octanol–water partition coefficient (Wildman–Crippen LogP) is 1.95. The molecule has 0 aromatic carbocycles. The number of hydrogen-bond acceptors (Lipinski definition) is 5. The number of aliphatic carboxylic acids is 1. The van der Waals surface area contributed by atoms with E-state index in [0.717, 1.165) is 6.04 Å². The van der Waals surface area contributed by atoms with Crippen molar-refractivity contribution in [3.05, 3.63) is 10.1 Å². The van der Waals surface area contributed by atoms with Crippen molar-refractivity contribution in [2.45, 2.75) is 51.0 Å². The molecule has 0 saturated carbocycles. The van der Waals surface area contributed by atoms with Gasteiger partial charge in [0.05, 0.1) is 6.61 Å². The van der Waals surface area contributed by atoms with E-state index in [0.29, 0.717) is 6.42 Å². The average molecular weight is 320 g/mol. The van der Waals surface area contributed by atoms with Crippen LogP contribution in [0.5, 0.6) is 0 Å². The van der Waals surface area contributed by atoms with Crippen LogP contribution in [0.4, 0.5) is 4.79 Å². The van der Waals surface area contributed by atoms with Crippen molar-refractivity contribution in [3.63, 3.8) is 0 Å². The zero-order valence-electron chi connectivity index (χ0n) is 12.8. The number of carboxylic acid groups (broad SMARTS) is 1. The lowest BCUT2D eigenvalue weighted by atomic mass is 10.1. The molecule has 1 atom stereocenters. The molecule has 0 bridgehead atoms. The lowest BCUT2D eigenvalue weighted by Gasteiger charge is -2.17. The first-order valence-electron chi connectivity index (χ1n) is 6.90. The Kier molecular flexibility index (Phi) is 8.59. The summed E-state index contributed by atoms with van der Waals surface area (Å²) in [6, 6.07) is -0.266. The number of nitro groups is 1. The molecule has 1 amide bonds. The van der Waals surface area contributed by atoms with Crippen molar-refractivity contribution in [1.82, 2.24) is 5.32 Å². The van der Waals surface area contributed by atoms with Gasteiger partial charge in [-0.1, -0.05) is 19.6 Å². The number of rotatable bonds is 10. The standard InChI is InChI=1S/C12H24N2O6Si/c1-21(2,3)9-8-20-12(17)13-10(11(15)16)6-4-5-7-14(18)19/h10H,4-9H2,1-3H3,(H,13,17)(H,15,16)/t10-/m0/s1. The second-order valence-corrected chi connectivity index (χ2v) is 11.7. The fourth-order valence-electron chi connectivity index (χ4n) is 1.48. The van der Waals surface area contributed by atoms with Crippen LogP contribution in [0, 0.1) is 10.1 Å². The van der Waals surface area contributed by atoms with Gasteiger partial charge in [0.15, 0.2) is 0 Å². The van der Waals surface area contributed by atoms with Gasteiger partial charge in [-0.2, -0.15) is 0 Å². The highest BCUT2D eigenvalue weighted by molar-refractivity contribution is 6.76. The molecule has 0 aromatic heterocycles. The van der Waals surface area contributed by atoms with Gasteiger partial charge >= 0.3 is 12.1 Å². The number of carbonyl (C=O) groups is 2. The first-order valence-corrected chi connectivity index (χ1v) is 10.6. The van der Waals surface area contributed by atoms with Crippen LogP contribution in [0.3, 0.4) is 0 Å². The molecule has 0 spiro atoms. The molecule has 9 heteroatoms. The summed E-state index contributed by atoms with van der Waals surface area (Å²) < 4.78 is 4.96. The summed E-state index contributed by atoms with van der Waals surface area (Å²) in [6.07, 6.45) is 0.0256. The van der Waals surface area contributed by atoms with Crippen LogP contribution in [0.2, 0.25) is 25.7 Å². The Bertz CT molecular complexity index is 369. The maximum Gasteiger partial charge on any atom is 0.407 e. The molecule has 0 rings (SSSR count). The number of amides is 1. The first-order chi connectivity index (χ1) is 9.61. The van der Waals surface area contributed by atoms with Gasteiger partial charge in [-0.25, -0.2) is 9.59 Å². The molecule has 0 aliphatic rings. The zero-order valence-corrected chi connectivity index (χ0v) is 13.8. The first kappa shape index (κ1) is 19.4. The number of nitrogens with zero attached hydrogens (tertiary/aromatic N) is 1. The smallest absolute Gasteiger partial charge is 0.407 e. The van der Waals surface area contributed by atoms with E-state index in [9.17, 15) is 19.7 Å². The normalized spacial score (nSPS) is 12.5. The van der Waals surface area contributed by atoms with Gasteiger partial charge in [-0.3, -0.25) is 10.1 Å². The fourth-order valence-corrected chi connectivity index (χ4v) is 2.20. The van der Waals surface area contributed by atoms with E-state index in [1.807, 2.05) is 0 Å². The summed E-state index contributed by atoms with van der Waals surface area (Å²) in [4.78, 5) is 32.2. The van der Waals surface area contributed by atoms with Gasteiger partial charge in [0, 0.05) is 19.4 Å². The maximum absolute atomic E-state index is 11.5. The molecule has 8 nitrogen and oxygen atoms in total. The number of ether oxygens (including phenoxy) is 1. The highest BCUT2D eigenvalue weighted by atomic mass is 28.3. The highest BCUT2D eigenvalue weighted by Gasteiger charge is 2.21. The summed E-state index contributed by atoms with van der Waals surface area (Å²) in [7, 11) is -1.31. The molecule has 0 saturated heterocycles. The summed E-state index contributed by atoms with van der Waals surface area (Å²) in [5.41, 5.74) is 0. The van der Waals surface area contributed by atoms with Gasteiger partial charge in [0.2, 0.25) is 6.54 Å².